The van der Waals surface area contributed by atoms with E-state index >= 15 is 0 Å². The summed E-state index contributed by atoms with van der Waals surface area (Å²) in [7, 11) is 0. The largest absolute Gasteiger partial charge is 0.508 e. The van der Waals surface area contributed by atoms with Crippen molar-refractivity contribution in [3.05, 3.63) is 78.4 Å². The molecular weight excluding hydrogens is 396 g/mol. The van der Waals surface area contributed by atoms with Gasteiger partial charge in [-0.3, -0.25) is 14.5 Å². The number of carbonyl (C=O) groups is 3. The fraction of sp³-hybridized carbons (Fsp3) is 0.125. The van der Waals surface area contributed by atoms with Gasteiger partial charge < -0.3 is 15.2 Å². The summed E-state index contributed by atoms with van der Waals surface area (Å²) >= 11 is 0. The van der Waals surface area contributed by atoms with Crippen LogP contribution in [0, 0.1) is 0 Å². The fourth-order valence-electron chi connectivity index (χ4n) is 3.38. The van der Waals surface area contributed by atoms with Gasteiger partial charge in [0.25, 0.3) is 5.91 Å². The molecule has 31 heavy (non-hydrogen) atoms. The molecule has 0 aliphatic carbocycles. The number of benzene rings is 3. The number of rotatable bonds is 4. The minimum atomic E-state index is -1.07. The predicted octanol–water partition coefficient (Wildman–Crippen LogP) is 3.59. The molecule has 0 bridgehead atoms. The fourth-order valence-corrected chi connectivity index (χ4v) is 3.38. The average Bonchev–Trinajstić information content (AvgIpc) is 2.78. The maximum Gasteiger partial charge on any atom is 0.338 e. The molecule has 156 valence electrons. The Kier molecular flexibility index (Phi) is 5.41. The number of para-hydroxylation sites is 2. The van der Waals surface area contributed by atoms with Crippen LogP contribution in [-0.4, -0.2) is 35.5 Å². The van der Waals surface area contributed by atoms with Crippen molar-refractivity contribution in [2.24, 2.45) is 0 Å². The Balaban J connectivity index is 1.45. The van der Waals surface area contributed by atoms with Crippen LogP contribution in [-0.2, 0) is 14.3 Å². The molecule has 1 aliphatic heterocycles. The number of aromatic hydroxyl groups is 1. The number of esters is 1. The normalized spacial score (nSPS) is 13.7. The summed E-state index contributed by atoms with van der Waals surface area (Å²) in [5.74, 6) is -1.24. The molecular formula is C24H20N2O5. The van der Waals surface area contributed by atoms with Gasteiger partial charge in [0.1, 0.15) is 12.3 Å². The Morgan fingerprint density at radius 3 is 2.26 bits per heavy atom. The van der Waals surface area contributed by atoms with Gasteiger partial charge in [-0.05, 0) is 54.4 Å². The van der Waals surface area contributed by atoms with E-state index in [1.165, 1.54) is 11.8 Å². The van der Waals surface area contributed by atoms with Crippen molar-refractivity contribution in [1.82, 2.24) is 0 Å². The molecule has 7 heteroatoms. The van der Waals surface area contributed by atoms with Crippen molar-refractivity contribution in [3.63, 3.8) is 0 Å². The monoisotopic (exact) mass is 416 g/mol. The number of fused-ring (bicyclic) bond motifs is 1. The number of anilines is 2. The van der Waals surface area contributed by atoms with Crippen molar-refractivity contribution >= 4 is 29.2 Å². The van der Waals surface area contributed by atoms with Crippen LogP contribution < -0.4 is 10.2 Å². The number of ether oxygens (including phenoxy) is 1. The lowest BCUT2D eigenvalue weighted by molar-refractivity contribution is -0.128. The number of nitrogens with zero attached hydrogens (tertiary/aromatic N) is 1. The number of hydrogen-bond donors (Lipinski definition) is 2. The first-order valence-corrected chi connectivity index (χ1v) is 9.73. The number of carbonyl (C=O) groups excluding carboxylic acids is 3. The van der Waals surface area contributed by atoms with Gasteiger partial charge in [0.15, 0.2) is 6.10 Å². The SMILES string of the molecule is C[C@@H](OC(=O)c1ccc(-c2ccc(O)cc2)cc1)C(=O)N1CC(=O)Nc2ccccc21. The lowest BCUT2D eigenvalue weighted by Crippen LogP contribution is -2.47. The number of nitrogens with one attached hydrogen (secondary N) is 1. The van der Waals surface area contributed by atoms with E-state index in [0.717, 1.165) is 11.1 Å². The molecule has 0 spiro atoms. The van der Waals surface area contributed by atoms with E-state index in [4.69, 9.17) is 4.74 Å². The number of phenolic OH excluding ortho intramolecular Hbond substituents is 1. The second-order valence-corrected chi connectivity index (χ2v) is 7.16. The quantitative estimate of drug-likeness (QED) is 0.634. The standard InChI is InChI=1S/C24H20N2O5/c1-15(23(29)26-14-22(28)25-20-4-2-3-5-21(20)26)31-24(30)18-8-6-16(7-9-18)17-10-12-19(27)13-11-17/h2-13,15,27H,14H2,1H3,(H,25,28)/t15-/m1/s1. The van der Waals surface area contributed by atoms with Gasteiger partial charge in [-0.25, -0.2) is 4.79 Å². The summed E-state index contributed by atoms with van der Waals surface area (Å²) < 4.78 is 5.37. The van der Waals surface area contributed by atoms with E-state index in [1.807, 2.05) is 0 Å². The summed E-state index contributed by atoms with van der Waals surface area (Å²) in [6, 6.07) is 20.4. The van der Waals surface area contributed by atoms with Crippen LogP contribution in [0.15, 0.2) is 72.8 Å². The highest BCUT2D eigenvalue weighted by molar-refractivity contribution is 6.11. The minimum absolute atomic E-state index is 0.140. The molecule has 3 aromatic carbocycles. The van der Waals surface area contributed by atoms with Crippen LogP contribution in [0.4, 0.5) is 11.4 Å². The van der Waals surface area contributed by atoms with Crippen LogP contribution in [0.5, 0.6) is 5.75 Å². The third-order valence-electron chi connectivity index (χ3n) is 4.99. The Labute approximate surface area is 178 Å². The topological polar surface area (TPSA) is 95.9 Å². The number of amides is 2. The maximum atomic E-state index is 12.9. The van der Waals surface area contributed by atoms with Crippen molar-refractivity contribution in [1.29, 1.82) is 0 Å². The van der Waals surface area contributed by atoms with Crippen molar-refractivity contribution < 1.29 is 24.2 Å². The Bertz CT molecular complexity index is 1140. The highest BCUT2D eigenvalue weighted by atomic mass is 16.5. The van der Waals surface area contributed by atoms with E-state index in [2.05, 4.69) is 5.32 Å². The van der Waals surface area contributed by atoms with E-state index in [-0.39, 0.29) is 18.2 Å². The number of hydrogen-bond acceptors (Lipinski definition) is 5. The zero-order valence-corrected chi connectivity index (χ0v) is 16.7. The third kappa shape index (κ3) is 4.25. The molecule has 0 saturated carbocycles. The molecule has 4 rings (SSSR count). The average molecular weight is 416 g/mol. The van der Waals surface area contributed by atoms with Gasteiger partial charge in [0.05, 0.1) is 16.9 Å². The highest BCUT2D eigenvalue weighted by Gasteiger charge is 2.31. The van der Waals surface area contributed by atoms with Crippen LogP contribution in [0.25, 0.3) is 11.1 Å². The van der Waals surface area contributed by atoms with Crippen LogP contribution >= 0.6 is 0 Å². The first-order valence-electron chi connectivity index (χ1n) is 9.73. The molecule has 1 aliphatic rings. The predicted molar refractivity (Wildman–Crippen MR) is 116 cm³/mol. The molecule has 2 amide bonds. The Hall–Kier alpha value is -4.13. The Morgan fingerprint density at radius 2 is 1.58 bits per heavy atom. The molecule has 0 radical (unpaired) electrons. The van der Waals surface area contributed by atoms with E-state index < -0.39 is 18.0 Å². The highest BCUT2D eigenvalue weighted by Crippen LogP contribution is 2.29. The van der Waals surface area contributed by atoms with Gasteiger partial charge in [-0.15, -0.1) is 0 Å². The van der Waals surface area contributed by atoms with Crippen molar-refractivity contribution in [3.8, 4) is 16.9 Å². The summed E-state index contributed by atoms with van der Waals surface area (Å²) in [4.78, 5) is 38.7. The number of phenols is 1. The maximum absolute atomic E-state index is 12.9. The zero-order valence-electron chi connectivity index (χ0n) is 16.7. The van der Waals surface area contributed by atoms with Crippen LogP contribution in [0.3, 0.4) is 0 Å². The van der Waals surface area contributed by atoms with Crippen LogP contribution in [0.1, 0.15) is 17.3 Å². The Morgan fingerprint density at radius 1 is 0.968 bits per heavy atom. The summed E-state index contributed by atoms with van der Waals surface area (Å²) in [6.07, 6.45) is -1.07. The summed E-state index contributed by atoms with van der Waals surface area (Å²) in [6.45, 7) is 1.35. The zero-order chi connectivity index (χ0) is 22.0. The third-order valence-corrected chi connectivity index (χ3v) is 4.99. The van der Waals surface area contributed by atoms with Gasteiger partial charge >= 0.3 is 5.97 Å². The molecule has 3 aromatic rings. The summed E-state index contributed by atoms with van der Waals surface area (Å²) in [5, 5.41) is 12.1. The van der Waals surface area contributed by atoms with Gasteiger partial charge in [-0.2, -0.15) is 0 Å². The van der Waals surface area contributed by atoms with E-state index in [9.17, 15) is 19.5 Å². The molecule has 0 fully saturated rings. The lowest BCUT2D eigenvalue weighted by Gasteiger charge is -2.30. The van der Waals surface area contributed by atoms with Crippen LogP contribution in [0.2, 0.25) is 0 Å². The second kappa shape index (κ2) is 8.31. The van der Waals surface area contributed by atoms with Crippen molar-refractivity contribution in [2.75, 3.05) is 16.8 Å². The first kappa shape index (κ1) is 20.2. The van der Waals surface area contributed by atoms with Crippen molar-refractivity contribution in [2.45, 2.75) is 13.0 Å². The molecule has 0 unspecified atom stereocenters. The van der Waals surface area contributed by atoms with E-state index in [0.29, 0.717) is 16.9 Å². The van der Waals surface area contributed by atoms with Gasteiger partial charge in [-0.1, -0.05) is 36.4 Å². The molecule has 0 saturated heterocycles. The molecule has 7 nitrogen and oxygen atoms in total. The lowest BCUT2D eigenvalue weighted by atomic mass is 10.0. The first-order chi connectivity index (χ1) is 14.9. The molecule has 1 atom stereocenters. The minimum Gasteiger partial charge on any atom is -0.508 e. The van der Waals surface area contributed by atoms with Gasteiger partial charge in [0, 0.05) is 0 Å². The second-order valence-electron chi connectivity index (χ2n) is 7.16. The molecule has 0 aromatic heterocycles. The van der Waals surface area contributed by atoms with E-state index in [1.54, 1.807) is 72.8 Å². The molecule has 1 heterocycles. The molecule has 2 N–H and O–H groups in total. The van der Waals surface area contributed by atoms with Gasteiger partial charge in [0.2, 0.25) is 5.91 Å². The summed E-state index contributed by atoms with van der Waals surface area (Å²) in [5.41, 5.74) is 3.17. The smallest absolute Gasteiger partial charge is 0.338 e.